The van der Waals surface area contributed by atoms with E-state index in [1.807, 2.05) is 0 Å². The first-order chi connectivity index (χ1) is 34.5. The van der Waals surface area contributed by atoms with E-state index in [9.17, 15) is 0 Å². The Bertz CT molecular complexity index is 3690. The Labute approximate surface area is 418 Å². The van der Waals surface area contributed by atoms with Crippen molar-refractivity contribution in [3.05, 3.63) is 280 Å². The van der Waals surface area contributed by atoms with Crippen LogP contribution in [0.25, 0.3) is 55.6 Å². The highest BCUT2D eigenvalue weighted by atomic mass is 15.1. The fourth-order valence-electron chi connectivity index (χ4n) is 13.9. The minimum Gasteiger partial charge on any atom is -0.310 e. The molecular weight excluding hydrogens is 855 g/mol. The van der Waals surface area contributed by atoms with Gasteiger partial charge in [0.2, 0.25) is 0 Å². The number of hydrogen-bond donors (Lipinski definition) is 0. The summed E-state index contributed by atoms with van der Waals surface area (Å²) >= 11 is 0. The molecule has 71 heavy (non-hydrogen) atoms. The number of hydrogen-bond acceptors (Lipinski definition) is 1. The van der Waals surface area contributed by atoms with Gasteiger partial charge in [0, 0.05) is 33.3 Å². The second kappa shape index (κ2) is 14.8. The smallest absolute Gasteiger partial charge is 0.0713 e. The first-order valence-corrected chi connectivity index (χ1v) is 25.4. The molecule has 0 spiro atoms. The first-order valence-electron chi connectivity index (χ1n) is 25.4. The molecule has 0 radical (unpaired) electrons. The lowest BCUT2D eigenvalue weighted by Gasteiger charge is -2.35. The van der Waals surface area contributed by atoms with Gasteiger partial charge in [0.05, 0.1) is 5.41 Å². The van der Waals surface area contributed by atoms with Crippen molar-refractivity contribution >= 4 is 17.1 Å². The fourth-order valence-corrected chi connectivity index (χ4v) is 13.9. The van der Waals surface area contributed by atoms with E-state index in [1.165, 1.54) is 123 Å². The molecule has 0 amide bonds. The Kier molecular flexibility index (Phi) is 8.72. The monoisotopic (exact) mass is 909 g/mol. The SMILES string of the molecule is CC1(C)c2ccccc2-c2ccc(N(c3ccc4c(c3)C(C)(C)c3ccccc3-4)c3ccc4c(c3)C(C)(C)c3cc5c(c(-c6ccccc6)c3-4)-c3ccccc3C5(c3ccccc3)c3ccccc3)cc21. The molecule has 0 bridgehead atoms. The van der Waals surface area contributed by atoms with E-state index in [1.54, 1.807) is 0 Å². The van der Waals surface area contributed by atoms with Crippen molar-refractivity contribution in [2.75, 3.05) is 4.90 Å². The second-order valence-corrected chi connectivity index (χ2v) is 22.0. The number of fused-ring (bicyclic) bond motifs is 12. The molecular formula is C70H55N. The third-order valence-electron chi connectivity index (χ3n) is 17.3. The van der Waals surface area contributed by atoms with Crippen molar-refractivity contribution in [3.8, 4) is 55.6 Å². The molecule has 0 saturated carbocycles. The summed E-state index contributed by atoms with van der Waals surface area (Å²) in [5.41, 5.74) is 29.0. The van der Waals surface area contributed by atoms with Crippen LogP contribution >= 0.6 is 0 Å². The summed E-state index contributed by atoms with van der Waals surface area (Å²) in [6.07, 6.45) is 0. The number of anilines is 3. The van der Waals surface area contributed by atoms with Crippen LogP contribution in [0.3, 0.4) is 0 Å². The van der Waals surface area contributed by atoms with Gasteiger partial charge in [-0.1, -0.05) is 230 Å². The van der Waals surface area contributed by atoms with Crippen LogP contribution in [-0.4, -0.2) is 0 Å². The average Bonchev–Trinajstić information content (AvgIpc) is 4.01. The van der Waals surface area contributed by atoms with Gasteiger partial charge in [-0.25, -0.2) is 0 Å². The van der Waals surface area contributed by atoms with Crippen molar-refractivity contribution < 1.29 is 0 Å². The van der Waals surface area contributed by atoms with Gasteiger partial charge in [-0.15, -0.1) is 0 Å². The van der Waals surface area contributed by atoms with Crippen LogP contribution in [0.4, 0.5) is 17.1 Å². The first kappa shape index (κ1) is 41.9. The van der Waals surface area contributed by atoms with Crippen LogP contribution in [0.1, 0.15) is 97.2 Å². The zero-order valence-corrected chi connectivity index (χ0v) is 41.3. The van der Waals surface area contributed by atoms with E-state index in [2.05, 4.69) is 271 Å². The van der Waals surface area contributed by atoms with Crippen LogP contribution in [0, 0.1) is 0 Å². The van der Waals surface area contributed by atoms with E-state index in [0.29, 0.717) is 0 Å². The van der Waals surface area contributed by atoms with Gasteiger partial charge in [-0.3, -0.25) is 0 Å². The summed E-state index contributed by atoms with van der Waals surface area (Å²) < 4.78 is 0. The molecule has 10 aromatic carbocycles. The molecule has 10 aromatic rings. The highest BCUT2D eigenvalue weighted by Crippen LogP contribution is 2.64. The normalized spacial score (nSPS) is 15.9. The molecule has 4 aliphatic carbocycles. The maximum Gasteiger partial charge on any atom is 0.0713 e. The molecule has 0 saturated heterocycles. The second-order valence-electron chi connectivity index (χ2n) is 22.0. The summed E-state index contributed by atoms with van der Waals surface area (Å²) in [5.74, 6) is 0. The van der Waals surface area contributed by atoms with Gasteiger partial charge < -0.3 is 4.90 Å². The van der Waals surface area contributed by atoms with E-state index < -0.39 is 5.41 Å². The van der Waals surface area contributed by atoms with E-state index in [0.717, 1.165) is 5.69 Å². The van der Waals surface area contributed by atoms with Gasteiger partial charge >= 0.3 is 0 Å². The molecule has 1 heteroatoms. The van der Waals surface area contributed by atoms with Crippen LogP contribution in [0.15, 0.2) is 224 Å². The molecule has 0 atom stereocenters. The molecule has 0 aromatic heterocycles. The van der Waals surface area contributed by atoms with Crippen LogP contribution in [-0.2, 0) is 21.7 Å². The molecule has 0 aliphatic heterocycles. The number of benzene rings is 10. The zero-order chi connectivity index (χ0) is 48.0. The third-order valence-corrected chi connectivity index (χ3v) is 17.3. The summed E-state index contributed by atoms with van der Waals surface area (Å²) in [5, 5.41) is 0. The lowest BCUT2D eigenvalue weighted by Crippen LogP contribution is -2.29. The zero-order valence-electron chi connectivity index (χ0n) is 41.3. The van der Waals surface area contributed by atoms with Gasteiger partial charge in [0.25, 0.3) is 0 Å². The topological polar surface area (TPSA) is 3.24 Å². The van der Waals surface area contributed by atoms with E-state index in [4.69, 9.17) is 0 Å². The number of rotatable bonds is 6. The molecule has 340 valence electrons. The summed E-state index contributed by atoms with van der Waals surface area (Å²) in [6, 6.07) is 85.3. The Morgan fingerprint density at radius 3 is 1.11 bits per heavy atom. The summed E-state index contributed by atoms with van der Waals surface area (Å²) in [7, 11) is 0. The highest BCUT2D eigenvalue weighted by Gasteiger charge is 2.50. The molecule has 0 heterocycles. The van der Waals surface area contributed by atoms with E-state index >= 15 is 0 Å². The predicted molar refractivity (Wildman–Crippen MR) is 297 cm³/mol. The maximum atomic E-state index is 2.62. The minimum absolute atomic E-state index is 0.141. The Balaban J connectivity index is 1.02. The van der Waals surface area contributed by atoms with Crippen molar-refractivity contribution in [2.24, 2.45) is 0 Å². The van der Waals surface area contributed by atoms with Gasteiger partial charge in [0.15, 0.2) is 0 Å². The van der Waals surface area contributed by atoms with Gasteiger partial charge in [-0.05, 0) is 148 Å². The Morgan fingerprint density at radius 1 is 0.254 bits per heavy atom. The standard InChI is InChI=1S/C70H55N/c1-67(2)56-31-19-16-28-50(56)52-37-34-47(40-59(52)67)71(48-35-38-53-51-29-17-20-32-57(51)68(3,4)60(53)41-48)49-36-39-55-61(42-49)69(5,6)62-43-63-66(64(65(55)62)44-22-10-7-11-23-44)54-30-18-21-33-58(54)70(63,45-24-12-8-13-25-45)46-26-14-9-15-27-46/h7-43H,1-6H3. The lowest BCUT2D eigenvalue weighted by molar-refractivity contribution is 0.656. The Hall–Kier alpha value is -8.00. The lowest BCUT2D eigenvalue weighted by atomic mass is 9.66. The van der Waals surface area contributed by atoms with Crippen LogP contribution < -0.4 is 4.90 Å². The van der Waals surface area contributed by atoms with Crippen molar-refractivity contribution in [1.29, 1.82) is 0 Å². The summed E-state index contributed by atoms with van der Waals surface area (Å²) in [4.78, 5) is 2.54. The van der Waals surface area contributed by atoms with Gasteiger partial charge in [-0.2, -0.15) is 0 Å². The van der Waals surface area contributed by atoms with Crippen molar-refractivity contribution in [1.82, 2.24) is 0 Å². The molecule has 14 rings (SSSR count). The highest BCUT2D eigenvalue weighted by molar-refractivity contribution is 6.06. The predicted octanol–water partition coefficient (Wildman–Crippen LogP) is 18.1. The van der Waals surface area contributed by atoms with Crippen molar-refractivity contribution in [2.45, 2.75) is 63.2 Å². The average molecular weight is 910 g/mol. The molecule has 0 fully saturated rings. The van der Waals surface area contributed by atoms with Crippen molar-refractivity contribution in [3.63, 3.8) is 0 Å². The maximum absolute atomic E-state index is 2.62. The minimum atomic E-state index is -0.526. The largest absolute Gasteiger partial charge is 0.310 e. The van der Waals surface area contributed by atoms with Crippen LogP contribution in [0.5, 0.6) is 0 Å². The quantitative estimate of drug-likeness (QED) is 0.161. The molecule has 0 N–H and O–H groups in total. The fraction of sp³-hybridized carbons (Fsp3) is 0.143. The molecule has 1 nitrogen and oxygen atoms in total. The number of nitrogens with zero attached hydrogens (tertiary/aromatic N) is 1. The van der Waals surface area contributed by atoms with Gasteiger partial charge in [0.1, 0.15) is 0 Å². The van der Waals surface area contributed by atoms with E-state index in [-0.39, 0.29) is 16.2 Å². The molecule has 4 aliphatic rings. The third kappa shape index (κ3) is 5.58. The molecule has 0 unspecified atom stereocenters. The van der Waals surface area contributed by atoms with Crippen LogP contribution in [0.2, 0.25) is 0 Å². The summed E-state index contributed by atoms with van der Waals surface area (Å²) in [6.45, 7) is 14.5. The Morgan fingerprint density at radius 2 is 0.606 bits per heavy atom.